The molecule has 0 saturated heterocycles. The Hall–Kier alpha value is -2.50. The third-order valence-corrected chi connectivity index (χ3v) is 4.34. The van der Waals surface area contributed by atoms with E-state index in [9.17, 15) is 18.0 Å². The summed E-state index contributed by atoms with van der Waals surface area (Å²) >= 11 is 0. The van der Waals surface area contributed by atoms with E-state index in [0.29, 0.717) is 25.3 Å². The van der Waals surface area contributed by atoms with E-state index in [1.807, 2.05) is 18.2 Å². The zero-order valence-electron chi connectivity index (χ0n) is 13.6. The van der Waals surface area contributed by atoms with Gasteiger partial charge in [-0.2, -0.15) is 13.2 Å². The van der Waals surface area contributed by atoms with Crippen molar-refractivity contribution in [3.8, 4) is 0 Å². The van der Waals surface area contributed by atoms with E-state index in [-0.39, 0.29) is 12.3 Å². The molecular formula is C19H19F3N2O. The third-order valence-electron chi connectivity index (χ3n) is 4.34. The number of halogens is 3. The smallest absolute Gasteiger partial charge is 0.385 e. The van der Waals surface area contributed by atoms with E-state index < -0.39 is 11.7 Å². The van der Waals surface area contributed by atoms with Crippen LogP contribution in [-0.4, -0.2) is 23.9 Å². The molecule has 0 spiro atoms. The van der Waals surface area contributed by atoms with Gasteiger partial charge in [0.2, 0.25) is 5.91 Å². The Bertz CT molecular complexity index is 758. The molecule has 132 valence electrons. The Labute approximate surface area is 144 Å². The van der Waals surface area contributed by atoms with Gasteiger partial charge in [-0.05, 0) is 35.7 Å². The molecule has 0 unspecified atom stereocenters. The van der Waals surface area contributed by atoms with E-state index >= 15 is 0 Å². The van der Waals surface area contributed by atoms with E-state index in [4.69, 9.17) is 0 Å². The van der Waals surface area contributed by atoms with Gasteiger partial charge in [0.1, 0.15) is 0 Å². The van der Waals surface area contributed by atoms with Crippen LogP contribution >= 0.6 is 0 Å². The minimum Gasteiger partial charge on any atom is -0.385 e. The summed E-state index contributed by atoms with van der Waals surface area (Å²) in [6.07, 6.45) is -3.28. The topological polar surface area (TPSA) is 32.3 Å². The molecule has 0 aromatic heterocycles. The number of alkyl halides is 3. The van der Waals surface area contributed by atoms with E-state index in [1.54, 1.807) is 11.0 Å². The van der Waals surface area contributed by atoms with Crippen molar-refractivity contribution in [3.05, 3.63) is 65.2 Å². The number of anilines is 1. The summed E-state index contributed by atoms with van der Waals surface area (Å²) < 4.78 is 38.1. The number of carbonyl (C=O) groups is 1. The first-order chi connectivity index (χ1) is 11.9. The van der Waals surface area contributed by atoms with Crippen molar-refractivity contribution in [2.75, 3.05) is 18.4 Å². The SMILES string of the molecule is O=C(CCNc1cccc(C(F)(F)F)c1)N1CCc2ccccc2C1. The molecule has 2 aromatic rings. The lowest BCUT2D eigenvalue weighted by Crippen LogP contribution is -2.36. The molecule has 6 heteroatoms. The van der Waals surface area contributed by atoms with Crippen LogP contribution < -0.4 is 5.32 Å². The molecule has 1 heterocycles. The van der Waals surface area contributed by atoms with Crippen molar-refractivity contribution in [2.45, 2.75) is 25.6 Å². The van der Waals surface area contributed by atoms with Crippen molar-refractivity contribution in [2.24, 2.45) is 0 Å². The average Bonchev–Trinajstić information content (AvgIpc) is 2.61. The van der Waals surface area contributed by atoms with E-state index in [2.05, 4.69) is 11.4 Å². The van der Waals surface area contributed by atoms with Crippen LogP contribution in [0.4, 0.5) is 18.9 Å². The monoisotopic (exact) mass is 348 g/mol. The number of hydrogen-bond acceptors (Lipinski definition) is 2. The van der Waals surface area contributed by atoms with Crippen LogP contribution in [0.3, 0.4) is 0 Å². The minimum atomic E-state index is -4.37. The number of carbonyl (C=O) groups excluding carboxylic acids is 1. The Kier molecular flexibility index (Phi) is 4.97. The van der Waals surface area contributed by atoms with Gasteiger partial charge in [-0.15, -0.1) is 0 Å². The Morgan fingerprint density at radius 1 is 1.08 bits per heavy atom. The van der Waals surface area contributed by atoms with Gasteiger partial charge in [-0.25, -0.2) is 0 Å². The van der Waals surface area contributed by atoms with Crippen LogP contribution in [0.25, 0.3) is 0 Å². The van der Waals surface area contributed by atoms with Crippen LogP contribution in [0.5, 0.6) is 0 Å². The fourth-order valence-electron chi connectivity index (χ4n) is 2.99. The molecule has 3 nitrogen and oxygen atoms in total. The number of hydrogen-bond donors (Lipinski definition) is 1. The highest BCUT2D eigenvalue weighted by Crippen LogP contribution is 2.30. The first-order valence-corrected chi connectivity index (χ1v) is 8.19. The summed E-state index contributed by atoms with van der Waals surface area (Å²) in [5.41, 5.74) is 2.10. The largest absolute Gasteiger partial charge is 0.416 e. The van der Waals surface area contributed by atoms with Gasteiger partial charge in [-0.1, -0.05) is 30.3 Å². The van der Waals surface area contributed by atoms with Gasteiger partial charge in [0, 0.05) is 31.7 Å². The standard InChI is InChI=1S/C19H19F3N2O/c20-19(21,22)16-6-3-7-17(12-16)23-10-8-18(25)24-11-9-14-4-1-2-5-15(14)13-24/h1-7,12,23H,8-11,13H2. The van der Waals surface area contributed by atoms with E-state index in [1.165, 1.54) is 11.6 Å². The van der Waals surface area contributed by atoms with Gasteiger partial charge in [-0.3, -0.25) is 4.79 Å². The number of nitrogens with one attached hydrogen (secondary N) is 1. The minimum absolute atomic E-state index is 0.00831. The van der Waals surface area contributed by atoms with Gasteiger partial charge in [0.25, 0.3) is 0 Å². The third kappa shape index (κ3) is 4.32. The highest BCUT2D eigenvalue weighted by molar-refractivity contribution is 5.77. The summed E-state index contributed by atoms with van der Waals surface area (Å²) in [7, 11) is 0. The molecule has 0 atom stereocenters. The summed E-state index contributed by atoms with van der Waals surface area (Å²) in [6.45, 7) is 1.58. The Morgan fingerprint density at radius 3 is 2.60 bits per heavy atom. The van der Waals surface area contributed by atoms with E-state index in [0.717, 1.165) is 24.1 Å². The molecule has 0 saturated carbocycles. The maximum absolute atomic E-state index is 12.7. The zero-order chi connectivity index (χ0) is 17.9. The van der Waals surface area contributed by atoms with Crippen molar-refractivity contribution in [3.63, 3.8) is 0 Å². The number of fused-ring (bicyclic) bond motifs is 1. The molecule has 1 aliphatic heterocycles. The molecule has 1 N–H and O–H groups in total. The second-order valence-electron chi connectivity index (χ2n) is 6.09. The highest BCUT2D eigenvalue weighted by Gasteiger charge is 2.30. The number of amides is 1. The predicted molar refractivity (Wildman–Crippen MR) is 90.1 cm³/mol. The lowest BCUT2D eigenvalue weighted by Gasteiger charge is -2.29. The molecule has 0 radical (unpaired) electrons. The van der Waals surface area contributed by atoms with Crippen LogP contribution in [0.1, 0.15) is 23.1 Å². The molecule has 1 amide bonds. The number of rotatable bonds is 4. The van der Waals surface area contributed by atoms with Crippen molar-refractivity contribution >= 4 is 11.6 Å². The Balaban J connectivity index is 1.52. The second-order valence-corrected chi connectivity index (χ2v) is 6.09. The van der Waals surface area contributed by atoms with Gasteiger partial charge < -0.3 is 10.2 Å². The molecule has 0 bridgehead atoms. The molecule has 0 aliphatic carbocycles. The Morgan fingerprint density at radius 2 is 1.84 bits per heavy atom. The lowest BCUT2D eigenvalue weighted by atomic mass is 10.00. The zero-order valence-corrected chi connectivity index (χ0v) is 13.6. The maximum Gasteiger partial charge on any atom is 0.416 e. The first-order valence-electron chi connectivity index (χ1n) is 8.19. The summed E-state index contributed by atoms with van der Waals surface area (Å²) in [6, 6.07) is 13.1. The van der Waals surface area contributed by atoms with Gasteiger partial charge >= 0.3 is 6.18 Å². The molecule has 0 fully saturated rings. The quantitative estimate of drug-likeness (QED) is 0.902. The van der Waals surface area contributed by atoms with Gasteiger partial charge in [0.05, 0.1) is 5.56 Å². The normalized spacial score (nSPS) is 14.1. The summed E-state index contributed by atoms with van der Waals surface area (Å²) in [5, 5.41) is 2.90. The average molecular weight is 348 g/mol. The predicted octanol–water partition coefficient (Wildman–Crippen LogP) is 4.09. The van der Waals surface area contributed by atoms with Crippen molar-refractivity contribution in [1.29, 1.82) is 0 Å². The van der Waals surface area contributed by atoms with Crippen LogP contribution in [0.15, 0.2) is 48.5 Å². The van der Waals surface area contributed by atoms with Crippen LogP contribution in [-0.2, 0) is 23.9 Å². The van der Waals surface area contributed by atoms with Crippen LogP contribution in [0.2, 0.25) is 0 Å². The number of benzene rings is 2. The number of nitrogens with zero attached hydrogens (tertiary/aromatic N) is 1. The lowest BCUT2D eigenvalue weighted by molar-refractivity contribution is -0.137. The maximum atomic E-state index is 12.7. The summed E-state index contributed by atoms with van der Waals surface area (Å²) in [4.78, 5) is 14.1. The second kappa shape index (κ2) is 7.17. The molecule has 3 rings (SSSR count). The fourth-order valence-corrected chi connectivity index (χ4v) is 2.99. The van der Waals surface area contributed by atoms with Crippen LogP contribution in [0, 0.1) is 0 Å². The summed E-state index contributed by atoms with van der Waals surface area (Å²) in [5.74, 6) is 0.00831. The highest BCUT2D eigenvalue weighted by atomic mass is 19.4. The first kappa shape index (κ1) is 17.3. The molecule has 2 aromatic carbocycles. The molecule has 25 heavy (non-hydrogen) atoms. The fraction of sp³-hybridized carbons (Fsp3) is 0.316. The van der Waals surface area contributed by atoms with Gasteiger partial charge in [0.15, 0.2) is 0 Å². The molecular weight excluding hydrogens is 329 g/mol. The molecule has 1 aliphatic rings. The van der Waals surface area contributed by atoms with Crippen molar-refractivity contribution < 1.29 is 18.0 Å². The van der Waals surface area contributed by atoms with Crippen molar-refractivity contribution in [1.82, 2.24) is 4.90 Å².